The maximum atomic E-state index is 10.8. The molecule has 66 valence electrons. The molecular weight excluding hydrogens is 208 g/mol. The van der Waals surface area contributed by atoms with Crippen LogP contribution in [0.3, 0.4) is 0 Å². The Bertz CT molecular complexity index is 480. The van der Waals surface area contributed by atoms with Crippen LogP contribution in [0.5, 0.6) is 0 Å². The van der Waals surface area contributed by atoms with Crippen LogP contribution in [0.15, 0.2) is 18.3 Å². The number of hydrogen-bond donors (Lipinski definition) is 1. The highest BCUT2D eigenvalue weighted by Crippen LogP contribution is 2.29. The molecule has 5 heteroatoms. The Kier molecular flexibility index (Phi) is 1.94. The highest BCUT2D eigenvalue weighted by atomic mass is 35.5. The third kappa shape index (κ3) is 1.38. The maximum absolute atomic E-state index is 10.8. The number of halogens is 1. The van der Waals surface area contributed by atoms with E-state index in [1.165, 1.54) is 11.3 Å². The molecule has 0 aromatic carbocycles. The molecule has 0 saturated carbocycles. The summed E-state index contributed by atoms with van der Waals surface area (Å²) in [5.41, 5.74) is 5.84. The summed E-state index contributed by atoms with van der Waals surface area (Å²) in [5, 5.41) is 0.600. The molecule has 1 amide bonds. The van der Waals surface area contributed by atoms with Gasteiger partial charge in [-0.1, -0.05) is 11.6 Å². The first-order valence-corrected chi connectivity index (χ1v) is 4.72. The van der Waals surface area contributed by atoms with Crippen LogP contribution >= 0.6 is 22.9 Å². The van der Waals surface area contributed by atoms with E-state index in [1.54, 1.807) is 18.3 Å². The fraction of sp³-hybridized carbons (Fsp3) is 0. The number of thiophene rings is 1. The van der Waals surface area contributed by atoms with Crippen LogP contribution in [0, 0.1) is 0 Å². The number of pyridine rings is 1. The molecule has 0 radical (unpaired) electrons. The number of nitrogens with zero attached hydrogens (tertiary/aromatic N) is 1. The minimum atomic E-state index is -0.445. The summed E-state index contributed by atoms with van der Waals surface area (Å²) in [6, 6.07) is 3.33. The van der Waals surface area contributed by atoms with Gasteiger partial charge in [-0.25, -0.2) is 0 Å². The lowest BCUT2D eigenvalue weighted by Crippen LogP contribution is -2.08. The van der Waals surface area contributed by atoms with E-state index in [4.69, 9.17) is 17.3 Å². The summed E-state index contributed by atoms with van der Waals surface area (Å²) in [7, 11) is 0. The molecule has 2 rings (SSSR count). The maximum Gasteiger partial charge on any atom is 0.258 e. The quantitative estimate of drug-likeness (QED) is 0.787. The third-order valence-corrected chi connectivity index (χ3v) is 3.21. The highest BCUT2D eigenvalue weighted by molar-refractivity contribution is 7.21. The van der Waals surface area contributed by atoms with Crippen LogP contribution in [-0.4, -0.2) is 10.9 Å². The first kappa shape index (κ1) is 8.47. The van der Waals surface area contributed by atoms with Crippen molar-refractivity contribution in [1.29, 1.82) is 0 Å². The van der Waals surface area contributed by atoms with Crippen LogP contribution in [0.1, 0.15) is 9.67 Å². The van der Waals surface area contributed by atoms with Gasteiger partial charge in [-0.15, -0.1) is 11.3 Å². The summed E-state index contributed by atoms with van der Waals surface area (Å²) in [6.07, 6.45) is 1.60. The first-order chi connectivity index (χ1) is 6.18. The smallest absolute Gasteiger partial charge is 0.258 e. The zero-order valence-electron chi connectivity index (χ0n) is 6.45. The molecule has 0 aliphatic rings. The number of carbonyl (C=O) groups excluding carboxylic acids is 1. The van der Waals surface area contributed by atoms with Gasteiger partial charge in [0.15, 0.2) is 0 Å². The minimum absolute atomic E-state index is 0.445. The molecule has 0 aliphatic carbocycles. The van der Waals surface area contributed by atoms with Crippen molar-refractivity contribution < 1.29 is 4.79 Å². The minimum Gasteiger partial charge on any atom is -0.365 e. The van der Waals surface area contributed by atoms with Crippen molar-refractivity contribution in [3.05, 3.63) is 28.2 Å². The van der Waals surface area contributed by atoms with E-state index in [1.807, 2.05) is 0 Å². The van der Waals surface area contributed by atoms with E-state index < -0.39 is 5.91 Å². The van der Waals surface area contributed by atoms with Crippen LogP contribution in [0.4, 0.5) is 0 Å². The molecule has 0 fully saturated rings. The number of fused-ring (bicyclic) bond motifs is 1. The van der Waals surface area contributed by atoms with E-state index >= 15 is 0 Å². The molecule has 2 heterocycles. The molecule has 3 nitrogen and oxygen atoms in total. The zero-order chi connectivity index (χ0) is 9.42. The van der Waals surface area contributed by atoms with E-state index in [0.29, 0.717) is 15.4 Å². The van der Waals surface area contributed by atoms with Crippen molar-refractivity contribution in [3.63, 3.8) is 0 Å². The van der Waals surface area contributed by atoms with Gasteiger partial charge >= 0.3 is 0 Å². The Hall–Kier alpha value is -1.13. The number of nitrogens with two attached hydrogens (primary N) is 1. The van der Waals surface area contributed by atoms with Crippen molar-refractivity contribution in [2.24, 2.45) is 5.73 Å². The van der Waals surface area contributed by atoms with Crippen LogP contribution in [-0.2, 0) is 0 Å². The number of aromatic nitrogens is 1. The van der Waals surface area contributed by atoms with Crippen molar-refractivity contribution in [2.45, 2.75) is 0 Å². The monoisotopic (exact) mass is 212 g/mol. The van der Waals surface area contributed by atoms with E-state index in [-0.39, 0.29) is 0 Å². The van der Waals surface area contributed by atoms with E-state index in [2.05, 4.69) is 4.98 Å². The predicted molar refractivity (Wildman–Crippen MR) is 53.1 cm³/mol. The SMILES string of the molecule is NC(=O)c1cc2nccc(Cl)c2s1. The second-order valence-corrected chi connectivity index (χ2v) is 3.94. The third-order valence-electron chi connectivity index (χ3n) is 1.61. The number of amides is 1. The summed E-state index contributed by atoms with van der Waals surface area (Å²) in [6.45, 7) is 0. The molecule has 0 saturated heterocycles. The summed E-state index contributed by atoms with van der Waals surface area (Å²) in [4.78, 5) is 15.4. The fourth-order valence-electron chi connectivity index (χ4n) is 1.03. The van der Waals surface area contributed by atoms with Gasteiger partial charge in [0.25, 0.3) is 5.91 Å². The highest BCUT2D eigenvalue weighted by Gasteiger charge is 2.09. The molecule has 0 unspecified atom stereocenters. The van der Waals surface area contributed by atoms with Crippen molar-refractivity contribution in [2.75, 3.05) is 0 Å². The van der Waals surface area contributed by atoms with Gasteiger partial charge in [0.1, 0.15) is 0 Å². The molecule has 0 bridgehead atoms. The molecule has 0 atom stereocenters. The second kappa shape index (κ2) is 2.97. The normalized spacial score (nSPS) is 10.5. The Morgan fingerprint density at radius 3 is 3.00 bits per heavy atom. The average Bonchev–Trinajstić information content (AvgIpc) is 2.49. The lowest BCUT2D eigenvalue weighted by Gasteiger charge is -1.88. The number of carbonyl (C=O) groups is 1. The van der Waals surface area contributed by atoms with Gasteiger partial charge in [0.05, 0.1) is 20.1 Å². The van der Waals surface area contributed by atoms with E-state index in [0.717, 1.165) is 4.70 Å². The fourth-order valence-corrected chi connectivity index (χ4v) is 2.17. The van der Waals surface area contributed by atoms with E-state index in [9.17, 15) is 4.79 Å². The Morgan fingerprint density at radius 2 is 2.38 bits per heavy atom. The molecule has 2 aromatic rings. The Morgan fingerprint density at radius 1 is 1.62 bits per heavy atom. The van der Waals surface area contributed by atoms with Crippen molar-refractivity contribution in [3.8, 4) is 0 Å². The second-order valence-electron chi connectivity index (χ2n) is 2.48. The van der Waals surface area contributed by atoms with Gasteiger partial charge in [-0.05, 0) is 12.1 Å². The lowest BCUT2D eigenvalue weighted by atomic mass is 10.3. The van der Waals surface area contributed by atoms with Gasteiger partial charge in [-0.2, -0.15) is 0 Å². The first-order valence-electron chi connectivity index (χ1n) is 3.52. The van der Waals surface area contributed by atoms with Crippen LogP contribution in [0.2, 0.25) is 5.02 Å². The summed E-state index contributed by atoms with van der Waals surface area (Å²) < 4.78 is 0.804. The topological polar surface area (TPSA) is 56.0 Å². The zero-order valence-corrected chi connectivity index (χ0v) is 8.02. The number of hydrogen-bond acceptors (Lipinski definition) is 3. The van der Waals surface area contributed by atoms with Gasteiger partial charge < -0.3 is 5.73 Å². The van der Waals surface area contributed by atoms with Crippen molar-refractivity contribution in [1.82, 2.24) is 4.98 Å². The van der Waals surface area contributed by atoms with Crippen LogP contribution in [0.25, 0.3) is 10.2 Å². The largest absolute Gasteiger partial charge is 0.365 e. The number of primary amides is 1. The Balaban J connectivity index is 2.75. The lowest BCUT2D eigenvalue weighted by molar-refractivity contribution is 0.100. The molecule has 0 aliphatic heterocycles. The predicted octanol–water partition coefficient (Wildman–Crippen LogP) is 2.05. The summed E-state index contributed by atoms with van der Waals surface area (Å²) >= 11 is 7.16. The van der Waals surface area contributed by atoms with Crippen molar-refractivity contribution >= 4 is 39.1 Å². The Labute approximate surface area is 83.1 Å². The van der Waals surface area contributed by atoms with Gasteiger partial charge in [0.2, 0.25) is 0 Å². The van der Waals surface area contributed by atoms with Gasteiger partial charge in [-0.3, -0.25) is 9.78 Å². The molecule has 2 N–H and O–H groups in total. The molecule has 13 heavy (non-hydrogen) atoms. The molecular formula is C8H5ClN2OS. The standard InChI is InChI=1S/C8H5ClN2OS/c9-4-1-2-11-5-3-6(8(10)12)13-7(4)5/h1-3H,(H2,10,12). The van der Waals surface area contributed by atoms with Crippen LogP contribution < -0.4 is 5.73 Å². The van der Waals surface area contributed by atoms with Gasteiger partial charge in [0, 0.05) is 6.20 Å². The number of rotatable bonds is 1. The average molecular weight is 213 g/mol. The molecule has 2 aromatic heterocycles. The molecule has 0 spiro atoms. The summed E-state index contributed by atoms with van der Waals surface area (Å²) in [5.74, 6) is -0.445.